The number of rotatable bonds is 6. The second-order valence-corrected chi connectivity index (χ2v) is 9.22. The molecule has 2 atom stereocenters. The predicted octanol–water partition coefficient (Wildman–Crippen LogP) is 6.85. The number of alkyl halides is 3. The molecular formula is C31H25F3N2O4. The van der Waals surface area contributed by atoms with E-state index >= 15 is 0 Å². The molecular weight excluding hydrogens is 521 g/mol. The van der Waals surface area contributed by atoms with Crippen LogP contribution in [-0.4, -0.2) is 26.0 Å². The fraction of sp³-hybridized carbons (Fsp3) is 0.161. The van der Waals surface area contributed by atoms with E-state index in [0.717, 1.165) is 12.1 Å². The van der Waals surface area contributed by atoms with Crippen molar-refractivity contribution in [2.24, 2.45) is 0 Å². The summed E-state index contributed by atoms with van der Waals surface area (Å²) in [5.41, 5.74) is 1.48. The molecule has 2 amide bonds. The van der Waals surface area contributed by atoms with Crippen molar-refractivity contribution < 1.29 is 32.2 Å². The Morgan fingerprint density at radius 2 is 1.38 bits per heavy atom. The van der Waals surface area contributed by atoms with Crippen LogP contribution in [0.2, 0.25) is 0 Å². The number of hydrogen-bond donors (Lipinski definition) is 1. The molecule has 4 aromatic carbocycles. The first-order valence-electron chi connectivity index (χ1n) is 12.4. The van der Waals surface area contributed by atoms with Gasteiger partial charge in [-0.25, -0.2) is 0 Å². The van der Waals surface area contributed by atoms with E-state index in [9.17, 15) is 22.8 Å². The Morgan fingerprint density at radius 3 is 1.95 bits per heavy atom. The molecule has 0 spiro atoms. The van der Waals surface area contributed by atoms with Gasteiger partial charge < -0.3 is 14.8 Å². The first-order valence-corrected chi connectivity index (χ1v) is 12.4. The molecule has 0 bridgehead atoms. The van der Waals surface area contributed by atoms with Gasteiger partial charge in [0, 0.05) is 16.9 Å². The van der Waals surface area contributed by atoms with Crippen LogP contribution >= 0.6 is 0 Å². The number of nitrogens with zero attached hydrogens (tertiary/aromatic N) is 1. The molecule has 0 aliphatic carbocycles. The average molecular weight is 547 g/mol. The number of methoxy groups -OCH3 is 2. The number of halogens is 3. The Labute approximate surface area is 229 Å². The molecule has 0 radical (unpaired) electrons. The third-order valence-corrected chi connectivity index (χ3v) is 6.91. The third-order valence-electron chi connectivity index (χ3n) is 6.91. The highest BCUT2D eigenvalue weighted by Crippen LogP contribution is 2.46. The van der Waals surface area contributed by atoms with Gasteiger partial charge in [0.2, 0.25) is 5.91 Å². The van der Waals surface area contributed by atoms with Crippen LogP contribution < -0.4 is 19.7 Å². The van der Waals surface area contributed by atoms with E-state index in [-0.39, 0.29) is 11.6 Å². The van der Waals surface area contributed by atoms with Crippen molar-refractivity contribution in [3.8, 4) is 11.5 Å². The van der Waals surface area contributed by atoms with Gasteiger partial charge in [-0.1, -0.05) is 30.3 Å². The van der Waals surface area contributed by atoms with E-state index in [2.05, 4.69) is 5.32 Å². The fourth-order valence-corrected chi connectivity index (χ4v) is 4.95. The van der Waals surface area contributed by atoms with E-state index in [1.807, 2.05) is 0 Å². The number of carbonyl (C=O) groups is 2. The van der Waals surface area contributed by atoms with Gasteiger partial charge in [0.15, 0.2) is 0 Å². The maximum Gasteiger partial charge on any atom is 0.416 e. The lowest BCUT2D eigenvalue weighted by atomic mass is 9.78. The van der Waals surface area contributed by atoms with E-state index in [1.165, 1.54) is 12.1 Å². The average Bonchev–Trinajstić information content (AvgIpc) is 2.97. The van der Waals surface area contributed by atoms with Crippen molar-refractivity contribution >= 4 is 23.2 Å². The van der Waals surface area contributed by atoms with Crippen LogP contribution in [0.3, 0.4) is 0 Å². The molecule has 4 aromatic rings. The number of amides is 2. The molecule has 0 saturated carbocycles. The first kappa shape index (κ1) is 26.8. The second kappa shape index (κ2) is 10.8. The fourth-order valence-electron chi connectivity index (χ4n) is 4.95. The molecule has 1 heterocycles. The van der Waals surface area contributed by atoms with Crippen LogP contribution in [0.5, 0.6) is 11.5 Å². The van der Waals surface area contributed by atoms with Crippen molar-refractivity contribution in [1.82, 2.24) is 0 Å². The minimum atomic E-state index is -4.50. The lowest BCUT2D eigenvalue weighted by Gasteiger charge is -2.42. The van der Waals surface area contributed by atoms with Crippen LogP contribution in [0.25, 0.3) is 0 Å². The van der Waals surface area contributed by atoms with Crippen LogP contribution in [0.1, 0.15) is 39.0 Å². The van der Waals surface area contributed by atoms with Crippen LogP contribution in [0.4, 0.5) is 24.5 Å². The normalized spacial score (nSPS) is 16.7. The number of carbonyl (C=O) groups excluding carboxylic acids is 2. The quantitative estimate of drug-likeness (QED) is 0.287. The summed E-state index contributed by atoms with van der Waals surface area (Å²) in [6, 6.07) is 24.4. The molecule has 1 N–H and O–H groups in total. The number of hydrogen-bond acceptors (Lipinski definition) is 4. The summed E-state index contributed by atoms with van der Waals surface area (Å²) in [7, 11) is 3.08. The van der Waals surface area contributed by atoms with Crippen LogP contribution in [0.15, 0.2) is 97.1 Å². The van der Waals surface area contributed by atoms with Gasteiger partial charge in [0.25, 0.3) is 5.91 Å². The van der Waals surface area contributed by atoms with Gasteiger partial charge in [-0.05, 0) is 77.9 Å². The Morgan fingerprint density at radius 1 is 0.800 bits per heavy atom. The van der Waals surface area contributed by atoms with Gasteiger partial charge in [-0.15, -0.1) is 0 Å². The molecule has 1 aliphatic rings. The van der Waals surface area contributed by atoms with E-state index in [4.69, 9.17) is 9.47 Å². The summed E-state index contributed by atoms with van der Waals surface area (Å²) < 4.78 is 49.8. The van der Waals surface area contributed by atoms with Crippen LogP contribution in [-0.2, 0) is 11.0 Å². The highest BCUT2D eigenvalue weighted by molar-refractivity contribution is 6.12. The maximum atomic E-state index is 14.0. The number of benzene rings is 4. The van der Waals surface area contributed by atoms with Gasteiger partial charge in [0.1, 0.15) is 11.5 Å². The van der Waals surface area contributed by atoms with Crippen molar-refractivity contribution in [3.63, 3.8) is 0 Å². The highest BCUT2D eigenvalue weighted by atomic mass is 19.4. The molecule has 0 saturated heterocycles. The largest absolute Gasteiger partial charge is 0.497 e. The minimum Gasteiger partial charge on any atom is -0.497 e. The van der Waals surface area contributed by atoms with Gasteiger partial charge in [0.05, 0.1) is 31.7 Å². The molecule has 9 heteroatoms. The number of ether oxygens (including phenoxy) is 2. The summed E-state index contributed by atoms with van der Waals surface area (Å²) in [5, 5.41) is 2.77. The molecule has 5 rings (SSSR count). The summed E-state index contributed by atoms with van der Waals surface area (Å²) in [6.45, 7) is 0. The lowest BCUT2D eigenvalue weighted by Crippen LogP contribution is -2.46. The zero-order valence-corrected chi connectivity index (χ0v) is 21.6. The Hall–Kier alpha value is -4.79. The predicted molar refractivity (Wildman–Crippen MR) is 145 cm³/mol. The zero-order valence-electron chi connectivity index (χ0n) is 21.6. The van der Waals surface area contributed by atoms with Gasteiger partial charge in [-0.3, -0.25) is 14.5 Å². The summed E-state index contributed by atoms with van der Waals surface area (Å²) in [4.78, 5) is 29.5. The third kappa shape index (κ3) is 5.10. The van der Waals surface area contributed by atoms with Gasteiger partial charge >= 0.3 is 6.18 Å². The molecule has 40 heavy (non-hydrogen) atoms. The summed E-state index contributed by atoms with van der Waals surface area (Å²) in [5.74, 6) is -0.454. The van der Waals surface area contributed by atoms with Crippen LogP contribution in [0, 0.1) is 0 Å². The Bertz CT molecular complexity index is 1520. The van der Waals surface area contributed by atoms with E-state index < -0.39 is 29.6 Å². The number of nitrogens with one attached hydrogen (secondary N) is 1. The monoisotopic (exact) mass is 546 g/mol. The smallest absolute Gasteiger partial charge is 0.416 e. The summed E-state index contributed by atoms with van der Waals surface area (Å²) in [6.07, 6.45) is -4.50. The number of fused-ring (bicyclic) bond motifs is 1. The standard InChI is InChI=1S/C31H25F3N2O4/c1-39-23-15-7-19(8-16-23)28-27(29(37)35-21-11-9-20(10-12-21)31(32,33)34)25-5-3-4-6-26(25)30(38)36(28)22-13-17-24(40-2)18-14-22/h3-18,27-28H,1-2H3,(H,35,37)/t27-,28+/m0/s1. The van der Waals surface area contributed by atoms with Gasteiger partial charge in [-0.2, -0.15) is 13.2 Å². The molecule has 204 valence electrons. The van der Waals surface area contributed by atoms with Crippen molar-refractivity contribution in [2.75, 3.05) is 24.4 Å². The van der Waals surface area contributed by atoms with E-state index in [0.29, 0.717) is 33.9 Å². The minimum absolute atomic E-state index is 0.205. The topological polar surface area (TPSA) is 67.9 Å². The van der Waals surface area contributed by atoms with E-state index in [1.54, 1.807) is 91.9 Å². The molecule has 0 aromatic heterocycles. The Balaban J connectivity index is 1.63. The Kier molecular flexibility index (Phi) is 7.21. The zero-order chi connectivity index (χ0) is 28.4. The molecule has 0 fully saturated rings. The lowest BCUT2D eigenvalue weighted by molar-refractivity contribution is -0.137. The molecule has 0 unspecified atom stereocenters. The molecule has 6 nitrogen and oxygen atoms in total. The van der Waals surface area contributed by atoms with Crippen molar-refractivity contribution in [2.45, 2.75) is 18.1 Å². The summed E-state index contributed by atoms with van der Waals surface area (Å²) >= 11 is 0. The van der Waals surface area contributed by atoms with Crippen molar-refractivity contribution in [3.05, 3.63) is 119 Å². The maximum absolute atomic E-state index is 14.0. The number of anilines is 2. The SMILES string of the molecule is COc1ccc([C@@H]2[C@@H](C(=O)Nc3ccc(C(F)(F)F)cc3)c3ccccc3C(=O)N2c2ccc(OC)cc2)cc1. The van der Waals surface area contributed by atoms with Crippen molar-refractivity contribution in [1.29, 1.82) is 0 Å². The highest BCUT2D eigenvalue weighted by Gasteiger charge is 2.45. The molecule has 1 aliphatic heterocycles. The second-order valence-electron chi connectivity index (χ2n) is 9.22. The first-order chi connectivity index (χ1) is 19.2.